The van der Waals surface area contributed by atoms with Gasteiger partial charge in [0, 0.05) is 0 Å². The molecule has 0 spiro atoms. The summed E-state index contributed by atoms with van der Waals surface area (Å²) in [4.78, 5) is 10.4. The summed E-state index contributed by atoms with van der Waals surface area (Å²) in [6.45, 7) is 4.70. The Kier molecular flexibility index (Phi) is 4.56. The van der Waals surface area contributed by atoms with Gasteiger partial charge in [0.15, 0.2) is 4.34 Å². The zero-order valence-corrected chi connectivity index (χ0v) is 12.4. The van der Waals surface area contributed by atoms with E-state index < -0.39 is 20.7 Å². The van der Waals surface area contributed by atoms with Crippen molar-refractivity contribution in [1.82, 2.24) is 10.2 Å². The fraction of sp³-hybridized carbons (Fsp3) is 0.625. The smallest absolute Gasteiger partial charge is 0.313 e. The molecule has 1 aromatic rings. The van der Waals surface area contributed by atoms with E-state index in [2.05, 4.69) is 14.9 Å². The Labute approximate surface area is 113 Å². The normalized spacial score (nSPS) is 12.4. The molecule has 0 saturated carbocycles. The van der Waals surface area contributed by atoms with E-state index >= 15 is 0 Å². The van der Waals surface area contributed by atoms with Crippen LogP contribution in [0.5, 0.6) is 0 Å². The summed E-state index contributed by atoms with van der Waals surface area (Å²) >= 11 is 2.00. The summed E-state index contributed by atoms with van der Waals surface area (Å²) in [6.07, 6.45) is 0. The van der Waals surface area contributed by atoms with Crippen LogP contribution in [0, 0.1) is 0 Å². The summed E-state index contributed by atoms with van der Waals surface area (Å²) in [5.74, 6) is -1.10. The molecule has 1 heterocycles. The van der Waals surface area contributed by atoms with E-state index in [1.165, 1.54) is 0 Å². The first kappa shape index (κ1) is 15.2. The Morgan fingerprint density at radius 1 is 1.44 bits per heavy atom. The molecule has 0 radical (unpaired) electrons. The first-order valence-electron chi connectivity index (χ1n) is 4.82. The second-order valence-corrected chi connectivity index (χ2v) is 8.91. The van der Waals surface area contributed by atoms with Gasteiger partial charge in [-0.15, -0.1) is 10.2 Å². The molecule has 0 atom stereocenters. The number of hydrogen-bond donors (Lipinski definition) is 2. The van der Waals surface area contributed by atoms with E-state index in [0.717, 1.165) is 23.1 Å². The summed E-state index contributed by atoms with van der Waals surface area (Å²) in [6, 6.07) is 0. The van der Waals surface area contributed by atoms with Gasteiger partial charge in [0.05, 0.1) is 10.5 Å². The molecule has 0 fully saturated rings. The third kappa shape index (κ3) is 4.10. The minimum Gasteiger partial charge on any atom is -0.481 e. The van der Waals surface area contributed by atoms with Crippen molar-refractivity contribution in [1.29, 1.82) is 0 Å². The van der Waals surface area contributed by atoms with Gasteiger partial charge in [0.1, 0.15) is 0 Å². The van der Waals surface area contributed by atoms with E-state index in [4.69, 9.17) is 5.11 Å². The quantitative estimate of drug-likeness (QED) is 0.788. The molecule has 1 aromatic heterocycles. The molecule has 0 bridgehead atoms. The number of aliphatic carboxylic acids is 1. The monoisotopic (exact) mass is 311 g/mol. The number of carboxylic acid groups (broad SMARTS) is 1. The van der Waals surface area contributed by atoms with Crippen LogP contribution in [-0.4, -0.2) is 40.2 Å². The Balaban J connectivity index is 2.73. The fourth-order valence-electron chi connectivity index (χ4n) is 0.701. The Bertz CT molecular complexity index is 532. The molecule has 0 aliphatic carbocycles. The predicted octanol–water partition coefficient (Wildman–Crippen LogP) is 1.25. The molecule has 0 unspecified atom stereocenters. The standard InChI is InChI=1S/C8H13N3O4S3/c1-8(2,3)18(14,15)11-6-9-10-7(17-6)16-4-5(12)13/h4H2,1-3H3,(H,9,11)(H,12,13). The lowest BCUT2D eigenvalue weighted by Gasteiger charge is -2.18. The van der Waals surface area contributed by atoms with Gasteiger partial charge in [0.2, 0.25) is 15.2 Å². The van der Waals surface area contributed by atoms with Crippen molar-refractivity contribution in [2.45, 2.75) is 29.9 Å². The van der Waals surface area contributed by atoms with Crippen molar-refractivity contribution in [3.63, 3.8) is 0 Å². The average Bonchev–Trinajstić information content (AvgIpc) is 2.60. The molecule has 0 aliphatic heterocycles. The van der Waals surface area contributed by atoms with Crippen LogP contribution < -0.4 is 4.72 Å². The van der Waals surface area contributed by atoms with Gasteiger partial charge in [-0.2, -0.15) is 0 Å². The molecule has 0 aliphatic rings. The van der Waals surface area contributed by atoms with Crippen LogP contribution >= 0.6 is 23.1 Å². The molecule has 0 saturated heterocycles. The van der Waals surface area contributed by atoms with Crippen LogP contribution in [-0.2, 0) is 14.8 Å². The number of thioether (sulfide) groups is 1. The van der Waals surface area contributed by atoms with Crippen molar-refractivity contribution < 1.29 is 18.3 Å². The minimum atomic E-state index is -3.54. The van der Waals surface area contributed by atoms with Gasteiger partial charge in [-0.05, 0) is 20.8 Å². The molecule has 7 nitrogen and oxygen atoms in total. The summed E-state index contributed by atoms with van der Waals surface area (Å²) in [5, 5.41) is 16.0. The van der Waals surface area contributed by atoms with Crippen LogP contribution in [0.15, 0.2) is 4.34 Å². The Morgan fingerprint density at radius 3 is 2.56 bits per heavy atom. The molecule has 10 heteroatoms. The van der Waals surface area contributed by atoms with Crippen molar-refractivity contribution in [2.24, 2.45) is 0 Å². The minimum absolute atomic E-state index is 0.137. The Morgan fingerprint density at radius 2 is 2.06 bits per heavy atom. The third-order valence-electron chi connectivity index (χ3n) is 1.75. The number of anilines is 1. The molecule has 2 N–H and O–H groups in total. The molecule has 18 heavy (non-hydrogen) atoms. The number of aromatic nitrogens is 2. The van der Waals surface area contributed by atoms with E-state index in [1.54, 1.807) is 20.8 Å². The van der Waals surface area contributed by atoms with Gasteiger partial charge in [-0.3, -0.25) is 9.52 Å². The van der Waals surface area contributed by atoms with Crippen molar-refractivity contribution >= 4 is 44.2 Å². The predicted molar refractivity (Wildman–Crippen MR) is 70.6 cm³/mol. The number of sulfonamides is 1. The van der Waals surface area contributed by atoms with E-state index in [0.29, 0.717) is 4.34 Å². The molecular formula is C8H13N3O4S3. The van der Waals surface area contributed by atoms with Crippen molar-refractivity contribution in [3.8, 4) is 0 Å². The van der Waals surface area contributed by atoms with Crippen LogP contribution in [0.25, 0.3) is 0 Å². The van der Waals surface area contributed by atoms with Gasteiger partial charge < -0.3 is 5.11 Å². The summed E-state index contributed by atoms with van der Waals surface area (Å²) in [7, 11) is -3.54. The Hall–Kier alpha value is -0.870. The lowest BCUT2D eigenvalue weighted by Crippen LogP contribution is -2.33. The van der Waals surface area contributed by atoms with Gasteiger partial charge >= 0.3 is 5.97 Å². The van der Waals surface area contributed by atoms with Gasteiger partial charge in [-0.25, -0.2) is 8.42 Å². The van der Waals surface area contributed by atoms with E-state index in [1.807, 2.05) is 0 Å². The molecule has 0 amide bonds. The highest BCUT2D eigenvalue weighted by Crippen LogP contribution is 2.27. The highest BCUT2D eigenvalue weighted by atomic mass is 32.2. The average molecular weight is 311 g/mol. The van der Waals surface area contributed by atoms with E-state index in [9.17, 15) is 13.2 Å². The highest BCUT2D eigenvalue weighted by molar-refractivity contribution is 8.01. The van der Waals surface area contributed by atoms with Gasteiger partial charge in [0.25, 0.3) is 0 Å². The van der Waals surface area contributed by atoms with Crippen LogP contribution in [0.2, 0.25) is 0 Å². The molecule has 1 rings (SSSR count). The van der Waals surface area contributed by atoms with E-state index in [-0.39, 0.29) is 10.9 Å². The second-order valence-electron chi connectivity index (χ2n) is 4.27. The van der Waals surface area contributed by atoms with Crippen molar-refractivity contribution in [3.05, 3.63) is 0 Å². The number of nitrogens with zero attached hydrogens (tertiary/aromatic N) is 2. The zero-order valence-electron chi connectivity index (χ0n) is 10.00. The lowest BCUT2D eigenvalue weighted by molar-refractivity contribution is -0.133. The van der Waals surface area contributed by atoms with Gasteiger partial charge in [-0.1, -0.05) is 23.1 Å². The third-order valence-corrected chi connectivity index (χ3v) is 5.91. The first-order chi connectivity index (χ1) is 8.12. The SMILES string of the molecule is CC(C)(C)S(=O)(=O)Nc1nnc(SCC(=O)O)s1. The second kappa shape index (κ2) is 5.41. The van der Waals surface area contributed by atoms with Crippen LogP contribution in [0.3, 0.4) is 0 Å². The summed E-state index contributed by atoms with van der Waals surface area (Å²) < 4.78 is 25.4. The maximum Gasteiger partial charge on any atom is 0.313 e. The maximum absolute atomic E-state index is 11.8. The molecule has 102 valence electrons. The largest absolute Gasteiger partial charge is 0.481 e. The number of hydrogen-bond acceptors (Lipinski definition) is 7. The highest BCUT2D eigenvalue weighted by Gasteiger charge is 2.30. The fourth-order valence-corrected chi connectivity index (χ4v) is 3.10. The zero-order chi connectivity index (χ0) is 14.0. The van der Waals surface area contributed by atoms with Crippen molar-refractivity contribution in [2.75, 3.05) is 10.5 Å². The van der Waals surface area contributed by atoms with Crippen LogP contribution in [0.4, 0.5) is 5.13 Å². The topological polar surface area (TPSA) is 109 Å². The molecular weight excluding hydrogens is 298 g/mol. The maximum atomic E-state index is 11.8. The first-order valence-corrected chi connectivity index (χ1v) is 8.11. The number of carboxylic acids is 1. The number of rotatable bonds is 5. The number of carbonyl (C=O) groups is 1. The lowest BCUT2D eigenvalue weighted by atomic mass is 10.3. The summed E-state index contributed by atoms with van der Waals surface area (Å²) in [5.41, 5.74) is 0. The van der Waals surface area contributed by atoms with Crippen LogP contribution in [0.1, 0.15) is 20.8 Å². The molecule has 0 aromatic carbocycles. The number of nitrogens with one attached hydrogen (secondary N) is 1.